The number of amides is 3. The monoisotopic (exact) mass is 379 g/mol. The number of aliphatic hydroxyl groups is 1. The van der Waals surface area contributed by atoms with E-state index in [-0.39, 0.29) is 50.6 Å². The lowest BCUT2D eigenvalue weighted by Crippen LogP contribution is -2.53. The molecule has 1 aromatic carbocycles. The Morgan fingerprint density at radius 1 is 1.30 bits per heavy atom. The maximum atomic E-state index is 12.8. The second kappa shape index (κ2) is 9.45. The average molecular weight is 379 g/mol. The molecule has 1 aliphatic heterocycles. The fourth-order valence-electron chi connectivity index (χ4n) is 2.72. The van der Waals surface area contributed by atoms with Crippen LogP contribution in [0.15, 0.2) is 24.3 Å². The Morgan fingerprint density at radius 2 is 2.00 bits per heavy atom. The van der Waals surface area contributed by atoms with Crippen LogP contribution in [0.25, 0.3) is 0 Å². The Kier molecular flexibility index (Phi) is 7.28. The molecule has 0 unspecified atom stereocenters. The molecule has 0 radical (unpaired) electrons. The van der Waals surface area contributed by atoms with E-state index in [1.54, 1.807) is 24.3 Å². The second-order valence-corrected chi connectivity index (χ2v) is 6.47. The van der Waals surface area contributed by atoms with E-state index < -0.39 is 5.60 Å². The van der Waals surface area contributed by atoms with Crippen LogP contribution >= 0.6 is 0 Å². The molecule has 3 amide bonds. The summed E-state index contributed by atoms with van der Waals surface area (Å²) in [4.78, 5) is 36.9. The van der Waals surface area contributed by atoms with E-state index in [1.165, 1.54) is 18.9 Å². The molecule has 3 N–H and O–H groups in total. The van der Waals surface area contributed by atoms with E-state index >= 15 is 0 Å². The van der Waals surface area contributed by atoms with Gasteiger partial charge in [-0.25, -0.2) is 0 Å². The van der Waals surface area contributed by atoms with Crippen molar-refractivity contribution < 1.29 is 29.0 Å². The summed E-state index contributed by atoms with van der Waals surface area (Å²) in [6, 6.07) is 6.50. The van der Waals surface area contributed by atoms with Crippen LogP contribution in [0.4, 0.5) is 5.69 Å². The van der Waals surface area contributed by atoms with Gasteiger partial charge in [0, 0.05) is 31.8 Å². The van der Waals surface area contributed by atoms with Crippen molar-refractivity contribution in [1.29, 1.82) is 0 Å². The molecule has 27 heavy (non-hydrogen) atoms. The Bertz CT molecular complexity index is 678. The van der Waals surface area contributed by atoms with Crippen LogP contribution in [0.3, 0.4) is 0 Å². The maximum Gasteiger partial charge on any atom is 0.254 e. The number of hydrogen-bond donors (Lipinski definition) is 3. The van der Waals surface area contributed by atoms with Crippen LogP contribution in [-0.2, 0) is 19.1 Å². The molecule has 1 saturated heterocycles. The minimum Gasteiger partial charge on any atom is -0.384 e. The molecule has 9 nitrogen and oxygen atoms in total. The van der Waals surface area contributed by atoms with Gasteiger partial charge in [0.1, 0.15) is 12.2 Å². The van der Waals surface area contributed by atoms with E-state index in [0.717, 1.165) is 0 Å². The van der Waals surface area contributed by atoms with Crippen LogP contribution in [0.1, 0.15) is 17.3 Å². The number of ether oxygens (including phenoxy) is 2. The van der Waals surface area contributed by atoms with Gasteiger partial charge in [-0.1, -0.05) is 0 Å². The van der Waals surface area contributed by atoms with Crippen molar-refractivity contribution >= 4 is 23.4 Å². The molecule has 9 heteroatoms. The minimum absolute atomic E-state index is 0.00547. The number of methoxy groups -OCH3 is 1. The van der Waals surface area contributed by atoms with Crippen molar-refractivity contribution in [2.24, 2.45) is 0 Å². The molecule has 148 valence electrons. The molecule has 1 fully saturated rings. The van der Waals surface area contributed by atoms with Crippen LogP contribution in [0.2, 0.25) is 0 Å². The Balaban J connectivity index is 2.03. The predicted octanol–water partition coefficient (Wildman–Crippen LogP) is -0.389. The number of anilines is 1. The first-order chi connectivity index (χ1) is 12.8. The zero-order valence-corrected chi connectivity index (χ0v) is 15.5. The Morgan fingerprint density at radius 3 is 2.63 bits per heavy atom. The molecule has 0 aromatic heterocycles. The maximum absolute atomic E-state index is 12.8. The van der Waals surface area contributed by atoms with E-state index in [2.05, 4.69) is 10.6 Å². The van der Waals surface area contributed by atoms with Gasteiger partial charge in [0.2, 0.25) is 11.8 Å². The summed E-state index contributed by atoms with van der Waals surface area (Å²) in [5, 5.41) is 16.0. The van der Waals surface area contributed by atoms with Gasteiger partial charge in [-0.2, -0.15) is 0 Å². The molecule has 1 aromatic rings. The van der Waals surface area contributed by atoms with Gasteiger partial charge in [-0.05, 0) is 24.3 Å². The van der Waals surface area contributed by atoms with E-state index in [4.69, 9.17) is 9.47 Å². The molecule has 1 aliphatic rings. The fourth-order valence-corrected chi connectivity index (χ4v) is 2.72. The van der Waals surface area contributed by atoms with Gasteiger partial charge >= 0.3 is 0 Å². The van der Waals surface area contributed by atoms with E-state index in [0.29, 0.717) is 17.8 Å². The summed E-state index contributed by atoms with van der Waals surface area (Å²) in [6.07, 6.45) is 0. The van der Waals surface area contributed by atoms with Crippen LogP contribution < -0.4 is 10.6 Å². The van der Waals surface area contributed by atoms with E-state index in [9.17, 15) is 19.5 Å². The highest BCUT2D eigenvalue weighted by Gasteiger charge is 2.35. The quantitative estimate of drug-likeness (QED) is 0.620. The number of benzene rings is 1. The average Bonchev–Trinajstić information content (AvgIpc) is 2.82. The molecule has 1 heterocycles. The standard InChI is InChI=1S/C18H25N3O6/c1-13(22)20-15-5-3-14(4-6-15)17(24)21-7-8-27-12-18(25,11-21)10-19-16(23)9-26-2/h3-6,25H,7-12H2,1-2H3,(H,19,23)(H,20,22)/t18-/m0/s1. The largest absolute Gasteiger partial charge is 0.384 e. The lowest BCUT2D eigenvalue weighted by atomic mass is 10.0. The van der Waals surface area contributed by atoms with Crippen LogP contribution in [0.5, 0.6) is 0 Å². The highest BCUT2D eigenvalue weighted by molar-refractivity contribution is 5.95. The molecule has 0 aliphatic carbocycles. The lowest BCUT2D eigenvalue weighted by molar-refractivity contribution is -0.126. The van der Waals surface area contributed by atoms with Crippen molar-refractivity contribution in [3.63, 3.8) is 0 Å². The smallest absolute Gasteiger partial charge is 0.254 e. The number of nitrogens with one attached hydrogen (secondary N) is 2. The number of β-amino-alcohol motifs (C(OH)–C–C–N with tert-alkyl or cyclic N) is 1. The predicted molar refractivity (Wildman–Crippen MR) is 97.3 cm³/mol. The summed E-state index contributed by atoms with van der Waals surface area (Å²) in [6.45, 7) is 1.87. The van der Waals surface area contributed by atoms with Crippen LogP contribution in [-0.4, -0.2) is 79.9 Å². The summed E-state index contributed by atoms with van der Waals surface area (Å²) in [5.74, 6) is -0.822. The summed E-state index contributed by atoms with van der Waals surface area (Å²) in [5.41, 5.74) is -0.376. The zero-order valence-electron chi connectivity index (χ0n) is 15.5. The van der Waals surface area contributed by atoms with Crippen LogP contribution in [0, 0.1) is 0 Å². The van der Waals surface area contributed by atoms with Crippen molar-refractivity contribution in [3.05, 3.63) is 29.8 Å². The third-order valence-electron chi connectivity index (χ3n) is 3.99. The molecule has 0 saturated carbocycles. The first-order valence-corrected chi connectivity index (χ1v) is 8.56. The van der Waals surface area contributed by atoms with E-state index in [1.807, 2.05) is 0 Å². The van der Waals surface area contributed by atoms with Gasteiger partial charge in [0.05, 0.1) is 26.3 Å². The van der Waals surface area contributed by atoms with Gasteiger partial charge < -0.3 is 30.1 Å². The Labute approximate surface area is 157 Å². The SMILES string of the molecule is COCC(=O)NC[C@@]1(O)COCCN(C(=O)c2ccc(NC(C)=O)cc2)C1. The lowest BCUT2D eigenvalue weighted by Gasteiger charge is -2.31. The zero-order chi connectivity index (χ0) is 19.9. The minimum atomic E-state index is -1.40. The van der Waals surface area contributed by atoms with Gasteiger partial charge in [-0.3, -0.25) is 14.4 Å². The van der Waals surface area contributed by atoms with Crippen molar-refractivity contribution in [1.82, 2.24) is 10.2 Å². The highest BCUT2D eigenvalue weighted by atomic mass is 16.5. The summed E-state index contributed by atoms with van der Waals surface area (Å²) in [7, 11) is 1.40. The number of carbonyl (C=O) groups is 3. The summed E-state index contributed by atoms with van der Waals surface area (Å²) >= 11 is 0. The van der Waals surface area contributed by atoms with Gasteiger partial charge in [0.25, 0.3) is 5.91 Å². The Hall–Kier alpha value is -2.49. The van der Waals surface area contributed by atoms with Crippen molar-refractivity contribution in [3.8, 4) is 0 Å². The first-order valence-electron chi connectivity index (χ1n) is 8.56. The molecular weight excluding hydrogens is 354 g/mol. The fraction of sp³-hybridized carbons (Fsp3) is 0.500. The van der Waals surface area contributed by atoms with Gasteiger partial charge in [0.15, 0.2) is 0 Å². The normalized spacial score (nSPS) is 19.9. The number of rotatable bonds is 6. The third-order valence-corrected chi connectivity index (χ3v) is 3.99. The van der Waals surface area contributed by atoms with Crippen molar-refractivity contribution in [2.45, 2.75) is 12.5 Å². The first kappa shape index (κ1) is 20.8. The molecule has 2 rings (SSSR count). The number of nitrogens with zero attached hydrogens (tertiary/aromatic N) is 1. The third kappa shape index (κ3) is 6.31. The summed E-state index contributed by atoms with van der Waals surface area (Å²) < 4.78 is 10.1. The molecule has 1 atom stereocenters. The molecular formula is C18H25N3O6. The van der Waals surface area contributed by atoms with Crippen molar-refractivity contribution in [2.75, 3.05) is 51.9 Å². The molecule has 0 spiro atoms. The number of hydrogen-bond acceptors (Lipinski definition) is 6. The topological polar surface area (TPSA) is 117 Å². The van der Waals surface area contributed by atoms with Gasteiger partial charge in [-0.15, -0.1) is 0 Å². The highest BCUT2D eigenvalue weighted by Crippen LogP contribution is 2.16. The molecule has 0 bridgehead atoms. The second-order valence-electron chi connectivity index (χ2n) is 6.47. The number of carbonyl (C=O) groups excluding carboxylic acids is 3.